The molecule has 0 aliphatic heterocycles. The second-order valence-corrected chi connectivity index (χ2v) is 6.58. The molecule has 2 aromatic heterocycles. The van der Waals surface area contributed by atoms with E-state index < -0.39 is 0 Å². The Bertz CT molecular complexity index is 1240. The van der Waals surface area contributed by atoms with Crippen molar-refractivity contribution in [3.05, 3.63) is 72.6 Å². The van der Waals surface area contributed by atoms with Crippen molar-refractivity contribution in [2.24, 2.45) is 0 Å². The van der Waals surface area contributed by atoms with E-state index in [0.29, 0.717) is 45.6 Å². The minimum Gasteiger partial charge on any atom is -0.497 e. The lowest BCUT2D eigenvalue weighted by Gasteiger charge is -2.11. The molecule has 0 unspecified atom stereocenters. The number of nitrogen functional groups attached to an aromatic ring is 1. The topological polar surface area (TPSA) is 109 Å². The van der Waals surface area contributed by atoms with Crippen LogP contribution in [0.4, 0.5) is 11.5 Å². The molecule has 0 bridgehead atoms. The van der Waals surface area contributed by atoms with Gasteiger partial charge in [-0.15, -0.1) is 0 Å². The molecular weight excluding hydrogens is 396 g/mol. The molecule has 8 heteroatoms. The first kappa shape index (κ1) is 20.0. The zero-order valence-electron chi connectivity index (χ0n) is 17.0. The molecule has 0 saturated heterocycles. The highest BCUT2D eigenvalue weighted by molar-refractivity contribution is 6.03. The van der Waals surface area contributed by atoms with E-state index in [1.807, 2.05) is 0 Å². The molecule has 3 N–H and O–H groups in total. The molecule has 1 amide bonds. The predicted molar refractivity (Wildman–Crippen MR) is 118 cm³/mol. The summed E-state index contributed by atoms with van der Waals surface area (Å²) in [7, 11) is 3.11. The van der Waals surface area contributed by atoms with Gasteiger partial charge < -0.3 is 25.3 Å². The molecule has 31 heavy (non-hydrogen) atoms. The number of methoxy groups -OCH3 is 2. The normalized spacial score (nSPS) is 10.5. The second kappa shape index (κ2) is 8.58. The van der Waals surface area contributed by atoms with E-state index in [2.05, 4.69) is 15.3 Å². The second-order valence-electron chi connectivity index (χ2n) is 6.58. The fourth-order valence-corrected chi connectivity index (χ4v) is 3.03. The van der Waals surface area contributed by atoms with Crippen LogP contribution >= 0.6 is 0 Å². The Morgan fingerprint density at radius 3 is 2.39 bits per heavy atom. The molecule has 4 aromatic rings. The van der Waals surface area contributed by atoms with Crippen LogP contribution in [0.2, 0.25) is 0 Å². The fraction of sp³-hybridized carbons (Fsp3) is 0.0870. The molecule has 0 atom stereocenters. The van der Waals surface area contributed by atoms with Crippen molar-refractivity contribution >= 4 is 28.3 Å². The van der Waals surface area contributed by atoms with Gasteiger partial charge in [-0.3, -0.25) is 9.78 Å². The maximum atomic E-state index is 12.5. The number of benzene rings is 2. The van der Waals surface area contributed by atoms with Crippen LogP contribution in [0.25, 0.3) is 10.9 Å². The third-order valence-corrected chi connectivity index (χ3v) is 4.61. The lowest BCUT2D eigenvalue weighted by molar-refractivity contribution is 0.102. The van der Waals surface area contributed by atoms with Crippen molar-refractivity contribution in [2.75, 3.05) is 25.3 Å². The van der Waals surface area contributed by atoms with Crippen molar-refractivity contribution in [1.82, 2.24) is 9.97 Å². The summed E-state index contributed by atoms with van der Waals surface area (Å²) in [5.74, 6) is 2.44. The van der Waals surface area contributed by atoms with Crippen LogP contribution in [0.3, 0.4) is 0 Å². The smallest absolute Gasteiger partial charge is 0.256 e. The number of amides is 1. The van der Waals surface area contributed by atoms with Gasteiger partial charge in [-0.05, 0) is 42.5 Å². The van der Waals surface area contributed by atoms with Crippen LogP contribution in [-0.2, 0) is 0 Å². The summed E-state index contributed by atoms with van der Waals surface area (Å²) in [6, 6.07) is 15.4. The van der Waals surface area contributed by atoms with Gasteiger partial charge in [0.1, 0.15) is 28.8 Å². The van der Waals surface area contributed by atoms with Gasteiger partial charge in [-0.2, -0.15) is 0 Å². The van der Waals surface area contributed by atoms with E-state index in [-0.39, 0.29) is 5.91 Å². The Labute approximate surface area is 178 Å². The molecule has 2 aromatic carbocycles. The van der Waals surface area contributed by atoms with E-state index in [1.54, 1.807) is 81.2 Å². The molecule has 0 aliphatic rings. The number of anilines is 2. The van der Waals surface area contributed by atoms with E-state index >= 15 is 0 Å². The highest BCUT2D eigenvalue weighted by atomic mass is 16.5. The van der Waals surface area contributed by atoms with E-state index in [4.69, 9.17) is 19.9 Å². The predicted octanol–water partition coefficient (Wildman–Crippen LogP) is 4.27. The number of ether oxygens (including phenoxy) is 3. The van der Waals surface area contributed by atoms with E-state index in [1.165, 1.54) is 0 Å². The number of hydrogen-bond acceptors (Lipinski definition) is 7. The van der Waals surface area contributed by atoms with Crippen LogP contribution in [0.1, 0.15) is 10.4 Å². The molecular formula is C23H20N4O4. The monoisotopic (exact) mass is 416 g/mol. The minimum absolute atomic E-state index is 0.290. The first-order valence-corrected chi connectivity index (χ1v) is 9.39. The van der Waals surface area contributed by atoms with Gasteiger partial charge >= 0.3 is 0 Å². The number of nitrogens with zero attached hydrogens (tertiary/aromatic N) is 2. The average molecular weight is 416 g/mol. The number of carbonyl (C=O) groups excluding carboxylic acids is 1. The summed E-state index contributed by atoms with van der Waals surface area (Å²) in [4.78, 5) is 20.9. The van der Waals surface area contributed by atoms with Crippen LogP contribution in [-0.4, -0.2) is 30.1 Å². The fourth-order valence-electron chi connectivity index (χ4n) is 3.03. The SMILES string of the molecule is COc1ccnc(NC(=O)c2ccc(Oc3ccnc4cc(OC)c(N)cc34)cc2)c1. The molecule has 0 fully saturated rings. The highest BCUT2D eigenvalue weighted by Crippen LogP contribution is 2.34. The largest absolute Gasteiger partial charge is 0.497 e. The van der Waals surface area contributed by atoms with Crippen molar-refractivity contribution < 1.29 is 19.0 Å². The van der Waals surface area contributed by atoms with Crippen LogP contribution in [0.5, 0.6) is 23.0 Å². The lowest BCUT2D eigenvalue weighted by atomic mass is 10.1. The first-order chi connectivity index (χ1) is 15.1. The van der Waals surface area contributed by atoms with E-state index in [9.17, 15) is 4.79 Å². The van der Waals surface area contributed by atoms with Crippen LogP contribution in [0, 0.1) is 0 Å². The van der Waals surface area contributed by atoms with Gasteiger partial charge in [0.05, 0.1) is 25.4 Å². The molecule has 2 heterocycles. The van der Waals surface area contributed by atoms with Gasteiger partial charge in [0.2, 0.25) is 0 Å². The van der Waals surface area contributed by atoms with Crippen molar-refractivity contribution in [3.63, 3.8) is 0 Å². The Balaban J connectivity index is 1.52. The number of hydrogen-bond donors (Lipinski definition) is 2. The maximum absolute atomic E-state index is 12.5. The average Bonchev–Trinajstić information content (AvgIpc) is 2.79. The number of rotatable bonds is 6. The summed E-state index contributed by atoms with van der Waals surface area (Å²) >= 11 is 0. The van der Waals surface area contributed by atoms with E-state index in [0.717, 1.165) is 5.39 Å². The van der Waals surface area contributed by atoms with Gasteiger partial charge in [-0.1, -0.05) is 0 Å². The zero-order valence-corrected chi connectivity index (χ0v) is 17.0. The summed E-state index contributed by atoms with van der Waals surface area (Å²) in [6.45, 7) is 0. The number of fused-ring (bicyclic) bond motifs is 1. The Morgan fingerprint density at radius 1 is 0.871 bits per heavy atom. The molecule has 4 rings (SSSR count). The van der Waals surface area contributed by atoms with Crippen molar-refractivity contribution in [1.29, 1.82) is 0 Å². The molecule has 0 radical (unpaired) electrons. The summed E-state index contributed by atoms with van der Waals surface area (Å²) in [5.41, 5.74) is 7.68. The first-order valence-electron chi connectivity index (χ1n) is 9.39. The number of nitrogens with one attached hydrogen (secondary N) is 1. The van der Waals surface area contributed by atoms with Gasteiger partial charge in [0.15, 0.2) is 0 Å². The molecule has 0 saturated carbocycles. The Kier molecular flexibility index (Phi) is 5.53. The van der Waals surface area contributed by atoms with Crippen molar-refractivity contribution in [2.45, 2.75) is 0 Å². The third-order valence-electron chi connectivity index (χ3n) is 4.61. The summed E-state index contributed by atoms with van der Waals surface area (Å²) in [5, 5.41) is 3.49. The standard InChI is InChI=1S/C23H20N4O4/c1-29-16-7-9-26-22(11-16)27-23(28)14-3-5-15(6-4-14)31-20-8-10-25-19-13-21(30-2)18(24)12-17(19)20/h3-13H,24H2,1-2H3,(H,26,27,28). The number of carbonyl (C=O) groups is 1. The lowest BCUT2D eigenvalue weighted by Crippen LogP contribution is -2.12. The quantitative estimate of drug-likeness (QED) is 0.452. The highest BCUT2D eigenvalue weighted by Gasteiger charge is 2.11. The Hall–Kier alpha value is -4.33. The van der Waals surface area contributed by atoms with Crippen LogP contribution in [0.15, 0.2) is 67.0 Å². The van der Waals surface area contributed by atoms with Gasteiger partial charge in [0.25, 0.3) is 5.91 Å². The third kappa shape index (κ3) is 4.32. The molecule has 0 aliphatic carbocycles. The van der Waals surface area contributed by atoms with Gasteiger partial charge in [-0.25, -0.2) is 4.98 Å². The number of nitrogens with two attached hydrogens (primary N) is 1. The molecule has 0 spiro atoms. The maximum Gasteiger partial charge on any atom is 0.256 e. The zero-order chi connectivity index (χ0) is 21.8. The summed E-state index contributed by atoms with van der Waals surface area (Å²) in [6.07, 6.45) is 3.21. The van der Waals surface area contributed by atoms with Crippen LogP contribution < -0.4 is 25.3 Å². The molecule has 156 valence electrons. The van der Waals surface area contributed by atoms with Crippen molar-refractivity contribution in [3.8, 4) is 23.0 Å². The number of aromatic nitrogens is 2. The minimum atomic E-state index is -0.290. The molecule has 8 nitrogen and oxygen atoms in total. The summed E-state index contributed by atoms with van der Waals surface area (Å²) < 4.78 is 16.4. The number of pyridine rings is 2. The Morgan fingerprint density at radius 2 is 1.65 bits per heavy atom. The van der Waals surface area contributed by atoms with Gasteiger partial charge in [0, 0.05) is 35.5 Å².